The van der Waals surface area contributed by atoms with Gasteiger partial charge in [-0.25, -0.2) is 8.78 Å². The van der Waals surface area contributed by atoms with Crippen LogP contribution in [0.2, 0.25) is 0 Å². The molecule has 1 saturated heterocycles. The quantitative estimate of drug-likeness (QED) is 0.862. The third kappa shape index (κ3) is 5.02. The van der Waals surface area contributed by atoms with Crippen LogP contribution in [0, 0.1) is 11.6 Å². The van der Waals surface area contributed by atoms with Gasteiger partial charge in [0.15, 0.2) is 11.6 Å². The molecule has 0 aliphatic carbocycles. The first kappa shape index (κ1) is 18.3. The number of piperidine rings is 1. The van der Waals surface area contributed by atoms with E-state index in [2.05, 4.69) is 10.2 Å². The molecule has 1 heterocycles. The van der Waals surface area contributed by atoms with Gasteiger partial charge < -0.3 is 10.4 Å². The Hall–Kier alpha value is -2.47. The Morgan fingerprint density at radius 3 is 2.54 bits per heavy atom. The molecule has 2 aromatic carbocycles. The highest BCUT2D eigenvalue weighted by Gasteiger charge is 2.21. The lowest BCUT2D eigenvalue weighted by Gasteiger charge is -2.32. The molecule has 138 valence electrons. The van der Waals surface area contributed by atoms with Crippen molar-refractivity contribution in [3.8, 4) is 5.75 Å². The minimum Gasteiger partial charge on any atom is -0.508 e. The highest BCUT2D eigenvalue weighted by atomic mass is 19.2. The predicted octanol–water partition coefficient (Wildman–Crippen LogP) is 2.99. The number of aromatic hydroxyl groups is 1. The van der Waals surface area contributed by atoms with E-state index in [4.69, 9.17) is 0 Å². The minimum atomic E-state index is -0.832. The number of benzene rings is 2. The molecule has 1 fully saturated rings. The van der Waals surface area contributed by atoms with Gasteiger partial charge in [0.25, 0.3) is 0 Å². The number of phenols is 1. The molecule has 0 bridgehead atoms. The maximum atomic E-state index is 13.3. The first-order chi connectivity index (χ1) is 12.5. The number of rotatable bonds is 5. The summed E-state index contributed by atoms with van der Waals surface area (Å²) in [7, 11) is 0. The molecule has 2 N–H and O–H groups in total. The average molecular weight is 360 g/mol. The van der Waals surface area contributed by atoms with Gasteiger partial charge in [-0.3, -0.25) is 9.69 Å². The highest BCUT2D eigenvalue weighted by Crippen LogP contribution is 2.16. The molecule has 0 aromatic heterocycles. The molecule has 0 atom stereocenters. The van der Waals surface area contributed by atoms with Gasteiger partial charge >= 0.3 is 0 Å². The highest BCUT2D eigenvalue weighted by molar-refractivity contribution is 5.79. The van der Waals surface area contributed by atoms with Crippen LogP contribution in [-0.2, 0) is 17.8 Å². The number of amides is 1. The van der Waals surface area contributed by atoms with Crippen LogP contribution < -0.4 is 5.32 Å². The van der Waals surface area contributed by atoms with E-state index < -0.39 is 11.6 Å². The van der Waals surface area contributed by atoms with Gasteiger partial charge in [0.2, 0.25) is 5.91 Å². The smallest absolute Gasteiger partial charge is 0.224 e. The fraction of sp³-hybridized carbons (Fsp3) is 0.350. The van der Waals surface area contributed by atoms with Crippen molar-refractivity contribution in [1.29, 1.82) is 0 Å². The summed E-state index contributed by atoms with van der Waals surface area (Å²) in [5.41, 5.74) is 1.52. The third-order valence-electron chi connectivity index (χ3n) is 4.62. The van der Waals surface area contributed by atoms with Crippen LogP contribution in [0.4, 0.5) is 8.78 Å². The monoisotopic (exact) mass is 360 g/mol. The molecule has 4 nitrogen and oxygen atoms in total. The molecule has 1 aliphatic rings. The van der Waals surface area contributed by atoms with Gasteiger partial charge in [-0.2, -0.15) is 0 Å². The largest absolute Gasteiger partial charge is 0.508 e. The normalized spacial score (nSPS) is 15.8. The van der Waals surface area contributed by atoms with E-state index in [0.717, 1.165) is 43.1 Å². The van der Waals surface area contributed by atoms with E-state index in [0.29, 0.717) is 6.54 Å². The van der Waals surface area contributed by atoms with Crippen molar-refractivity contribution in [2.45, 2.75) is 31.8 Å². The zero-order valence-corrected chi connectivity index (χ0v) is 14.4. The number of carbonyl (C=O) groups excluding carboxylic acids is 1. The van der Waals surface area contributed by atoms with Crippen molar-refractivity contribution in [2.24, 2.45) is 0 Å². The van der Waals surface area contributed by atoms with Gasteiger partial charge in [0.1, 0.15) is 5.75 Å². The van der Waals surface area contributed by atoms with Gasteiger partial charge in [-0.1, -0.05) is 18.2 Å². The Kier molecular flexibility index (Phi) is 5.83. The number of phenolic OH excluding ortho intramolecular Hbond substituents is 1. The second-order valence-corrected chi connectivity index (χ2v) is 6.71. The number of halogens is 2. The van der Waals surface area contributed by atoms with Gasteiger partial charge in [0.05, 0.1) is 6.42 Å². The molecule has 1 aliphatic heterocycles. The Bertz CT molecular complexity index is 774. The lowest BCUT2D eigenvalue weighted by atomic mass is 10.0. The topological polar surface area (TPSA) is 52.6 Å². The number of nitrogens with zero attached hydrogens (tertiary/aromatic N) is 1. The Morgan fingerprint density at radius 1 is 1.08 bits per heavy atom. The molecule has 3 rings (SSSR count). The van der Waals surface area contributed by atoms with Gasteiger partial charge in [0, 0.05) is 25.7 Å². The van der Waals surface area contributed by atoms with E-state index in [1.54, 1.807) is 24.3 Å². The van der Waals surface area contributed by atoms with E-state index in [1.165, 1.54) is 6.07 Å². The summed E-state index contributed by atoms with van der Waals surface area (Å²) in [5, 5.41) is 12.5. The first-order valence-corrected chi connectivity index (χ1v) is 8.73. The van der Waals surface area contributed by atoms with Crippen molar-refractivity contribution in [3.05, 3.63) is 65.2 Å². The zero-order chi connectivity index (χ0) is 18.5. The van der Waals surface area contributed by atoms with Gasteiger partial charge in [-0.05, 0) is 48.2 Å². The van der Waals surface area contributed by atoms with Crippen molar-refractivity contribution in [2.75, 3.05) is 13.1 Å². The van der Waals surface area contributed by atoms with Crippen molar-refractivity contribution in [3.63, 3.8) is 0 Å². The lowest BCUT2D eigenvalue weighted by molar-refractivity contribution is -0.121. The van der Waals surface area contributed by atoms with Crippen LogP contribution in [-0.4, -0.2) is 35.0 Å². The summed E-state index contributed by atoms with van der Waals surface area (Å²) in [6.45, 7) is 2.15. The number of likely N-dealkylation sites (tertiary alicyclic amines) is 1. The molecule has 26 heavy (non-hydrogen) atoms. The fourth-order valence-electron chi connectivity index (χ4n) is 3.26. The predicted molar refractivity (Wildman–Crippen MR) is 94.6 cm³/mol. The maximum absolute atomic E-state index is 13.3. The Balaban J connectivity index is 1.44. The molecule has 6 heteroatoms. The van der Waals surface area contributed by atoms with Crippen LogP contribution in [0.5, 0.6) is 5.75 Å². The summed E-state index contributed by atoms with van der Waals surface area (Å²) < 4.78 is 26.3. The molecule has 0 spiro atoms. The first-order valence-electron chi connectivity index (χ1n) is 8.73. The van der Waals surface area contributed by atoms with Crippen LogP contribution in [0.25, 0.3) is 0 Å². The third-order valence-corrected chi connectivity index (χ3v) is 4.62. The Morgan fingerprint density at radius 2 is 1.85 bits per heavy atom. The van der Waals surface area contributed by atoms with E-state index >= 15 is 0 Å². The maximum Gasteiger partial charge on any atom is 0.224 e. The van der Waals surface area contributed by atoms with Crippen molar-refractivity contribution < 1.29 is 18.7 Å². The van der Waals surface area contributed by atoms with Crippen molar-refractivity contribution >= 4 is 5.91 Å². The lowest BCUT2D eigenvalue weighted by Crippen LogP contribution is -2.44. The minimum absolute atomic E-state index is 0.0605. The second-order valence-electron chi connectivity index (χ2n) is 6.71. The molecular formula is C20H22F2N2O2. The SMILES string of the molecule is O=C(Cc1cccc(O)c1)NC1CCN(Cc2ccc(F)c(F)c2)CC1. The van der Waals surface area contributed by atoms with Crippen LogP contribution >= 0.6 is 0 Å². The molecule has 1 amide bonds. The average Bonchev–Trinajstić information content (AvgIpc) is 2.60. The second kappa shape index (κ2) is 8.27. The summed E-state index contributed by atoms with van der Waals surface area (Å²) in [5.74, 6) is -1.56. The standard InChI is InChI=1S/C20H22F2N2O2/c21-18-5-4-15(11-19(18)22)13-24-8-6-16(7-9-24)23-20(26)12-14-2-1-3-17(25)10-14/h1-5,10-11,16,25H,6-9,12-13H2,(H,23,26). The summed E-state index contributed by atoms with van der Waals surface area (Å²) in [6, 6.07) is 10.8. The zero-order valence-electron chi connectivity index (χ0n) is 14.4. The molecule has 2 aromatic rings. The molecule has 0 saturated carbocycles. The van der Waals surface area contributed by atoms with Crippen LogP contribution in [0.1, 0.15) is 24.0 Å². The number of hydrogen-bond donors (Lipinski definition) is 2. The summed E-state index contributed by atoms with van der Waals surface area (Å²) in [4.78, 5) is 14.3. The molecule has 0 radical (unpaired) electrons. The van der Waals surface area contributed by atoms with E-state index in [9.17, 15) is 18.7 Å². The molecule has 0 unspecified atom stereocenters. The Labute approximate surface area is 151 Å². The number of carbonyl (C=O) groups is 1. The fourth-order valence-corrected chi connectivity index (χ4v) is 3.26. The molecular weight excluding hydrogens is 338 g/mol. The number of nitrogens with one attached hydrogen (secondary N) is 1. The van der Waals surface area contributed by atoms with Gasteiger partial charge in [-0.15, -0.1) is 0 Å². The number of hydrogen-bond acceptors (Lipinski definition) is 3. The van der Waals surface area contributed by atoms with Crippen molar-refractivity contribution in [1.82, 2.24) is 10.2 Å². The van der Waals surface area contributed by atoms with E-state index in [1.807, 2.05) is 6.07 Å². The summed E-state index contributed by atoms with van der Waals surface area (Å²) in [6.07, 6.45) is 1.87. The van der Waals surface area contributed by atoms with Crippen LogP contribution in [0.3, 0.4) is 0 Å². The van der Waals surface area contributed by atoms with Crippen LogP contribution in [0.15, 0.2) is 42.5 Å². The summed E-state index contributed by atoms with van der Waals surface area (Å²) >= 11 is 0. The van der Waals surface area contributed by atoms with E-state index in [-0.39, 0.29) is 24.1 Å².